The highest BCUT2D eigenvalue weighted by Crippen LogP contribution is 2.65. The quantitative estimate of drug-likeness (QED) is 0.809. The summed E-state index contributed by atoms with van der Waals surface area (Å²) >= 11 is 4.82. The summed E-state index contributed by atoms with van der Waals surface area (Å²) in [6.07, 6.45) is 5.17. The van der Waals surface area contributed by atoms with Crippen LogP contribution in [0.5, 0.6) is 0 Å². The summed E-state index contributed by atoms with van der Waals surface area (Å²) in [6, 6.07) is 3.20. The zero-order valence-electron chi connectivity index (χ0n) is 11.4. The number of hydrogen-bond acceptors (Lipinski definition) is 4. The largest absolute Gasteiger partial charge is 0.388 e. The molecule has 0 amide bonds. The first-order valence-electron chi connectivity index (χ1n) is 7.25. The fraction of sp³-hybridized carbons (Fsp3) is 0.571. The minimum Gasteiger partial charge on any atom is -0.388 e. The van der Waals surface area contributed by atoms with E-state index in [0.717, 1.165) is 11.8 Å². The van der Waals surface area contributed by atoms with E-state index in [4.69, 9.17) is 18.0 Å². The third kappa shape index (κ3) is 2.10. The lowest BCUT2D eigenvalue weighted by atomic mass is 10.0. The van der Waals surface area contributed by atoms with Gasteiger partial charge in [0.05, 0.1) is 5.69 Å². The molecule has 3 N–H and O–H groups in total. The number of nitrogens with one attached hydrogen (secondary N) is 1. The molecular formula is C14H17N3O2S2. The van der Waals surface area contributed by atoms with E-state index in [1.54, 1.807) is 6.07 Å². The molecule has 4 atom stereocenters. The van der Waals surface area contributed by atoms with Crippen LogP contribution in [0.15, 0.2) is 23.2 Å². The van der Waals surface area contributed by atoms with E-state index in [9.17, 15) is 8.42 Å². The van der Waals surface area contributed by atoms with Gasteiger partial charge in [0.25, 0.3) is 0 Å². The van der Waals surface area contributed by atoms with Gasteiger partial charge in [0.1, 0.15) is 9.88 Å². The zero-order chi connectivity index (χ0) is 14.8. The Balaban J connectivity index is 1.51. The summed E-state index contributed by atoms with van der Waals surface area (Å²) in [5, 5.41) is 0. The molecule has 2 bridgehead atoms. The summed E-state index contributed by atoms with van der Waals surface area (Å²) in [4.78, 5) is 4.35. The van der Waals surface area contributed by atoms with Crippen molar-refractivity contribution in [1.29, 1.82) is 0 Å². The molecular weight excluding hydrogens is 306 g/mol. The van der Waals surface area contributed by atoms with Gasteiger partial charge in [-0.25, -0.2) is 13.1 Å². The maximum absolute atomic E-state index is 12.4. The first-order chi connectivity index (χ1) is 9.97. The molecule has 3 fully saturated rings. The molecule has 5 nitrogen and oxygen atoms in total. The molecule has 0 saturated heterocycles. The highest BCUT2D eigenvalue weighted by atomic mass is 32.2. The van der Waals surface area contributed by atoms with Crippen LogP contribution in [0.25, 0.3) is 0 Å². The molecule has 7 heteroatoms. The van der Waals surface area contributed by atoms with Gasteiger partial charge in [-0.15, -0.1) is 0 Å². The topological polar surface area (TPSA) is 85.1 Å². The number of thiocarbonyl (C=S) groups is 1. The Morgan fingerprint density at radius 2 is 1.95 bits per heavy atom. The number of hydrogen-bond donors (Lipinski definition) is 2. The molecule has 1 aromatic heterocycles. The predicted molar refractivity (Wildman–Crippen MR) is 82.0 cm³/mol. The standard InChI is InChI=1S/C14H17N3O2S2/c15-14(20)10-4-3-9(6-16-10)21(18,19)17-13-11-7-1-2-8(5-7)12(11)13/h3-4,6-8,11-13,17H,1-2,5H2,(H2,15,20). The maximum atomic E-state index is 12.4. The lowest BCUT2D eigenvalue weighted by molar-refractivity contribution is 0.456. The van der Waals surface area contributed by atoms with Gasteiger partial charge in [-0.1, -0.05) is 12.2 Å². The van der Waals surface area contributed by atoms with Crippen molar-refractivity contribution in [1.82, 2.24) is 9.71 Å². The van der Waals surface area contributed by atoms with E-state index in [-0.39, 0.29) is 15.9 Å². The SMILES string of the molecule is NC(=S)c1ccc(S(=O)(=O)NC2C3C4CCC(C4)C23)cn1. The summed E-state index contributed by atoms with van der Waals surface area (Å²) in [5.74, 6) is 2.62. The number of nitrogens with zero attached hydrogens (tertiary/aromatic N) is 1. The smallest absolute Gasteiger partial charge is 0.242 e. The second kappa shape index (κ2) is 4.47. The molecule has 4 unspecified atom stereocenters. The van der Waals surface area contributed by atoms with E-state index in [1.807, 2.05) is 0 Å². The van der Waals surface area contributed by atoms with Gasteiger partial charge < -0.3 is 5.73 Å². The van der Waals surface area contributed by atoms with Crippen molar-refractivity contribution in [2.75, 3.05) is 0 Å². The van der Waals surface area contributed by atoms with Gasteiger partial charge in [0, 0.05) is 12.2 Å². The molecule has 1 aromatic rings. The van der Waals surface area contributed by atoms with Crippen molar-refractivity contribution in [3.05, 3.63) is 24.0 Å². The van der Waals surface area contributed by atoms with Crippen LogP contribution < -0.4 is 10.5 Å². The van der Waals surface area contributed by atoms with E-state index in [2.05, 4.69) is 9.71 Å². The third-order valence-electron chi connectivity index (χ3n) is 5.33. The monoisotopic (exact) mass is 323 g/mol. The number of fused-ring (bicyclic) bond motifs is 5. The zero-order valence-corrected chi connectivity index (χ0v) is 13.0. The fourth-order valence-electron chi connectivity index (χ4n) is 4.42. The average molecular weight is 323 g/mol. The highest BCUT2D eigenvalue weighted by Gasteiger charge is 2.65. The Bertz CT molecular complexity index is 685. The first-order valence-corrected chi connectivity index (χ1v) is 9.15. The number of rotatable bonds is 4. The predicted octanol–water partition coefficient (Wildman–Crippen LogP) is 1.04. The van der Waals surface area contributed by atoms with E-state index in [1.165, 1.54) is 31.5 Å². The third-order valence-corrected chi connectivity index (χ3v) is 6.98. The number of pyridine rings is 1. The summed E-state index contributed by atoms with van der Waals surface area (Å²) in [6.45, 7) is 0. The molecule has 1 heterocycles. The molecule has 0 spiro atoms. The fourth-order valence-corrected chi connectivity index (χ4v) is 5.78. The van der Waals surface area contributed by atoms with Crippen molar-refractivity contribution >= 4 is 27.2 Å². The maximum Gasteiger partial charge on any atom is 0.242 e. The Kier molecular flexibility index (Phi) is 2.90. The number of aromatic nitrogens is 1. The van der Waals surface area contributed by atoms with Crippen molar-refractivity contribution in [2.24, 2.45) is 29.4 Å². The molecule has 0 aliphatic heterocycles. The molecule has 3 saturated carbocycles. The Hall–Kier alpha value is -1.05. The Morgan fingerprint density at radius 3 is 2.48 bits per heavy atom. The average Bonchev–Trinajstić information content (AvgIpc) is 2.85. The van der Waals surface area contributed by atoms with E-state index < -0.39 is 10.0 Å². The van der Waals surface area contributed by atoms with Crippen molar-refractivity contribution < 1.29 is 8.42 Å². The van der Waals surface area contributed by atoms with Crippen LogP contribution >= 0.6 is 12.2 Å². The van der Waals surface area contributed by atoms with Gasteiger partial charge in [0.2, 0.25) is 10.0 Å². The molecule has 0 aromatic carbocycles. The van der Waals surface area contributed by atoms with Gasteiger partial charge in [-0.05, 0) is 55.1 Å². The van der Waals surface area contributed by atoms with Crippen molar-refractivity contribution in [3.8, 4) is 0 Å². The van der Waals surface area contributed by atoms with Crippen LogP contribution in [-0.2, 0) is 10.0 Å². The van der Waals surface area contributed by atoms with Crippen molar-refractivity contribution in [3.63, 3.8) is 0 Å². The number of nitrogens with two attached hydrogens (primary N) is 1. The minimum atomic E-state index is -3.50. The molecule has 3 aliphatic carbocycles. The van der Waals surface area contributed by atoms with E-state index in [0.29, 0.717) is 17.5 Å². The van der Waals surface area contributed by atoms with Crippen LogP contribution in [0.3, 0.4) is 0 Å². The first kappa shape index (κ1) is 13.6. The normalized spacial score (nSPS) is 36.5. The van der Waals surface area contributed by atoms with Crippen LogP contribution in [0.1, 0.15) is 25.0 Å². The van der Waals surface area contributed by atoms with Gasteiger partial charge in [0.15, 0.2) is 0 Å². The lowest BCUT2D eigenvalue weighted by Gasteiger charge is -2.11. The summed E-state index contributed by atoms with van der Waals surface area (Å²) in [7, 11) is -3.50. The van der Waals surface area contributed by atoms with Crippen LogP contribution in [-0.4, -0.2) is 24.4 Å². The van der Waals surface area contributed by atoms with Crippen molar-refractivity contribution in [2.45, 2.75) is 30.2 Å². The van der Waals surface area contributed by atoms with Crippen LogP contribution in [0.4, 0.5) is 0 Å². The van der Waals surface area contributed by atoms with E-state index >= 15 is 0 Å². The summed E-state index contributed by atoms with van der Waals surface area (Å²) in [5.41, 5.74) is 5.90. The van der Waals surface area contributed by atoms with Gasteiger partial charge in [-0.3, -0.25) is 4.98 Å². The van der Waals surface area contributed by atoms with Crippen LogP contribution in [0, 0.1) is 23.7 Å². The minimum absolute atomic E-state index is 0.136. The molecule has 112 valence electrons. The highest BCUT2D eigenvalue weighted by molar-refractivity contribution is 7.89. The number of sulfonamides is 1. The molecule has 21 heavy (non-hydrogen) atoms. The second-order valence-electron chi connectivity index (χ2n) is 6.38. The second-order valence-corrected chi connectivity index (χ2v) is 8.53. The Morgan fingerprint density at radius 1 is 1.29 bits per heavy atom. The molecule has 3 aliphatic rings. The van der Waals surface area contributed by atoms with Gasteiger partial charge >= 0.3 is 0 Å². The lowest BCUT2D eigenvalue weighted by Crippen LogP contribution is -2.30. The molecule has 4 rings (SSSR count). The Labute approximate surface area is 129 Å². The van der Waals surface area contributed by atoms with Crippen LogP contribution in [0.2, 0.25) is 0 Å². The van der Waals surface area contributed by atoms with Gasteiger partial charge in [-0.2, -0.15) is 0 Å². The molecule has 0 radical (unpaired) electrons. The summed E-state index contributed by atoms with van der Waals surface area (Å²) < 4.78 is 27.7.